The molecule has 0 aliphatic rings. The van der Waals surface area contributed by atoms with Crippen LogP contribution in [0.1, 0.15) is 11.5 Å². The maximum absolute atomic E-state index is 12.4. The lowest BCUT2D eigenvalue weighted by atomic mass is 9.97. The highest BCUT2D eigenvalue weighted by molar-refractivity contribution is 6.33. The minimum atomic E-state index is -5.55. The van der Waals surface area contributed by atoms with Crippen molar-refractivity contribution in [1.29, 1.82) is 0 Å². The molecule has 0 fully saturated rings. The summed E-state index contributed by atoms with van der Waals surface area (Å²) in [5, 5.41) is 8.54. The molecule has 0 saturated heterocycles. The summed E-state index contributed by atoms with van der Waals surface area (Å²) in [4.78, 5) is 0. The molecule has 0 bridgehead atoms. The van der Waals surface area contributed by atoms with Gasteiger partial charge in [0.25, 0.3) is 0 Å². The highest BCUT2D eigenvalue weighted by Gasteiger charge is 2.57. The first-order valence-corrected chi connectivity index (χ1v) is 4.73. The van der Waals surface area contributed by atoms with Gasteiger partial charge in [-0.25, -0.2) is 0 Å². The van der Waals surface area contributed by atoms with E-state index in [4.69, 9.17) is 22.4 Å². The van der Waals surface area contributed by atoms with Crippen molar-refractivity contribution in [2.75, 3.05) is 5.73 Å². The zero-order valence-electron chi connectivity index (χ0n) is 8.40. The van der Waals surface area contributed by atoms with Crippen LogP contribution >= 0.6 is 11.6 Å². The summed E-state index contributed by atoms with van der Waals surface area (Å²) in [7, 11) is 0. The minimum Gasteiger partial charge on any atom is -0.506 e. The summed E-state index contributed by atoms with van der Waals surface area (Å²) >= 11 is 5.34. The molecule has 0 amide bonds. The molecule has 0 spiro atoms. The molecule has 9 heteroatoms. The highest BCUT2D eigenvalue weighted by Crippen LogP contribution is 2.48. The van der Waals surface area contributed by atoms with Crippen LogP contribution in [-0.2, 0) is 0 Å². The van der Waals surface area contributed by atoms with Gasteiger partial charge in [0.05, 0.1) is 10.7 Å². The van der Waals surface area contributed by atoms with Gasteiger partial charge >= 0.3 is 12.4 Å². The molecule has 2 nitrogen and oxygen atoms in total. The highest BCUT2D eigenvalue weighted by atomic mass is 35.5. The number of phenols is 1. The van der Waals surface area contributed by atoms with Crippen LogP contribution in [0, 0.1) is 0 Å². The van der Waals surface area contributed by atoms with Crippen LogP contribution in [0.25, 0.3) is 0 Å². The summed E-state index contributed by atoms with van der Waals surface area (Å²) in [5.74, 6) is -4.66. The van der Waals surface area contributed by atoms with Gasteiger partial charge in [-0.15, -0.1) is 0 Å². The van der Waals surface area contributed by atoms with Crippen molar-refractivity contribution in [1.82, 2.24) is 0 Å². The van der Waals surface area contributed by atoms with E-state index < -0.39 is 40.3 Å². The fourth-order valence-electron chi connectivity index (χ4n) is 1.35. The first-order valence-electron chi connectivity index (χ1n) is 4.36. The standard InChI is InChI=1S/C9H6ClF6NO/c10-4-1-3(2-5(18)6(4)17)7(8(11,12)13)9(14,15)16/h1-2,7,18H,17H2. The van der Waals surface area contributed by atoms with Gasteiger partial charge < -0.3 is 10.8 Å². The van der Waals surface area contributed by atoms with E-state index in [1.807, 2.05) is 0 Å². The third-order valence-corrected chi connectivity index (χ3v) is 2.43. The zero-order valence-corrected chi connectivity index (χ0v) is 9.16. The summed E-state index contributed by atoms with van der Waals surface area (Å²) in [6.07, 6.45) is -11.1. The second kappa shape index (κ2) is 4.42. The van der Waals surface area contributed by atoms with E-state index in [0.717, 1.165) is 0 Å². The Kier molecular flexibility index (Phi) is 3.62. The summed E-state index contributed by atoms with van der Waals surface area (Å²) in [6.45, 7) is 0. The van der Waals surface area contributed by atoms with Gasteiger partial charge in [-0.3, -0.25) is 0 Å². The van der Waals surface area contributed by atoms with Gasteiger partial charge in [-0.1, -0.05) is 11.6 Å². The second-order valence-corrected chi connectivity index (χ2v) is 3.86. The lowest BCUT2D eigenvalue weighted by Crippen LogP contribution is -2.34. The Balaban J connectivity index is 3.41. The summed E-state index contributed by atoms with van der Waals surface area (Å²) < 4.78 is 74.3. The number of phenolic OH excluding ortho intramolecular Hbond substituents is 1. The van der Waals surface area contributed by atoms with E-state index in [0.29, 0.717) is 12.1 Å². The molecule has 1 aromatic rings. The normalized spacial score (nSPS) is 13.1. The van der Waals surface area contributed by atoms with Crippen LogP contribution in [0.4, 0.5) is 32.0 Å². The van der Waals surface area contributed by atoms with Crippen molar-refractivity contribution >= 4 is 17.3 Å². The lowest BCUT2D eigenvalue weighted by molar-refractivity contribution is -0.253. The largest absolute Gasteiger partial charge is 0.506 e. The van der Waals surface area contributed by atoms with E-state index in [-0.39, 0.29) is 0 Å². The third-order valence-electron chi connectivity index (χ3n) is 2.12. The molecule has 0 atom stereocenters. The summed E-state index contributed by atoms with van der Waals surface area (Å²) in [6, 6.07) is 0.731. The van der Waals surface area contributed by atoms with Crippen molar-refractivity contribution in [3.8, 4) is 5.75 Å². The Morgan fingerprint density at radius 2 is 1.50 bits per heavy atom. The number of aromatic hydroxyl groups is 1. The van der Waals surface area contributed by atoms with Gasteiger partial charge in [-0.2, -0.15) is 26.3 Å². The van der Waals surface area contributed by atoms with E-state index in [2.05, 4.69) is 0 Å². The van der Waals surface area contributed by atoms with Gasteiger partial charge in [0.2, 0.25) is 0 Å². The summed E-state index contributed by atoms with van der Waals surface area (Å²) in [5.41, 5.74) is 3.43. The van der Waals surface area contributed by atoms with E-state index >= 15 is 0 Å². The molecule has 0 heterocycles. The first-order chi connectivity index (χ1) is 7.94. The molecule has 3 N–H and O–H groups in total. The minimum absolute atomic E-state index is 0.298. The van der Waals surface area contributed by atoms with Crippen LogP contribution in [0.3, 0.4) is 0 Å². The monoisotopic (exact) mass is 293 g/mol. The number of nitrogens with two attached hydrogens (primary N) is 1. The van der Waals surface area contributed by atoms with Crippen molar-refractivity contribution in [3.63, 3.8) is 0 Å². The average Bonchev–Trinajstić information content (AvgIpc) is 2.08. The van der Waals surface area contributed by atoms with Gasteiger partial charge in [0.1, 0.15) is 5.75 Å². The molecule has 1 rings (SSSR count). The number of anilines is 1. The molecule has 18 heavy (non-hydrogen) atoms. The van der Waals surface area contributed by atoms with Crippen LogP contribution in [0.15, 0.2) is 12.1 Å². The second-order valence-electron chi connectivity index (χ2n) is 3.45. The number of rotatable bonds is 1. The molecular formula is C9H6ClF6NO. The quantitative estimate of drug-likeness (QED) is 0.469. The van der Waals surface area contributed by atoms with Gasteiger partial charge in [0, 0.05) is 0 Å². The van der Waals surface area contributed by atoms with Crippen LogP contribution in [0.2, 0.25) is 5.02 Å². The molecular weight excluding hydrogens is 288 g/mol. The van der Waals surface area contributed by atoms with Crippen molar-refractivity contribution < 1.29 is 31.4 Å². The predicted octanol–water partition coefficient (Wildman–Crippen LogP) is 3.84. The number of alkyl halides is 6. The smallest absolute Gasteiger partial charge is 0.404 e. The maximum Gasteiger partial charge on any atom is 0.404 e. The average molecular weight is 294 g/mol. The number of hydrogen-bond acceptors (Lipinski definition) is 2. The van der Waals surface area contributed by atoms with Crippen molar-refractivity contribution in [2.24, 2.45) is 0 Å². The third kappa shape index (κ3) is 2.92. The maximum atomic E-state index is 12.4. The Bertz CT molecular complexity index is 418. The molecule has 0 radical (unpaired) electrons. The van der Waals surface area contributed by atoms with E-state index in [9.17, 15) is 26.3 Å². The van der Waals surface area contributed by atoms with Crippen molar-refractivity contribution in [2.45, 2.75) is 18.3 Å². The molecule has 0 aromatic heterocycles. The topological polar surface area (TPSA) is 46.2 Å². The molecule has 102 valence electrons. The molecule has 0 unspecified atom stereocenters. The molecule has 0 aliphatic heterocycles. The van der Waals surface area contributed by atoms with Gasteiger partial charge in [-0.05, 0) is 17.7 Å². The van der Waals surface area contributed by atoms with Crippen molar-refractivity contribution in [3.05, 3.63) is 22.7 Å². The Morgan fingerprint density at radius 3 is 1.83 bits per heavy atom. The fraction of sp³-hybridized carbons (Fsp3) is 0.333. The van der Waals surface area contributed by atoms with Gasteiger partial charge in [0.15, 0.2) is 5.92 Å². The fourth-order valence-corrected chi connectivity index (χ4v) is 1.58. The first kappa shape index (κ1) is 14.7. The Hall–Kier alpha value is -1.31. The number of hydrogen-bond donors (Lipinski definition) is 2. The molecule has 0 saturated carbocycles. The number of halogens is 7. The zero-order chi connectivity index (χ0) is 14.3. The van der Waals surface area contributed by atoms with E-state index in [1.54, 1.807) is 0 Å². The van der Waals surface area contributed by atoms with Crippen LogP contribution < -0.4 is 5.73 Å². The lowest BCUT2D eigenvalue weighted by Gasteiger charge is -2.23. The molecule has 1 aromatic carbocycles. The van der Waals surface area contributed by atoms with E-state index in [1.165, 1.54) is 0 Å². The Morgan fingerprint density at radius 1 is 1.06 bits per heavy atom. The van der Waals surface area contributed by atoms with Crippen LogP contribution in [-0.4, -0.2) is 17.5 Å². The van der Waals surface area contributed by atoms with Crippen LogP contribution in [0.5, 0.6) is 5.75 Å². The SMILES string of the molecule is Nc1c(O)cc(C(C(F)(F)F)C(F)(F)F)cc1Cl. The number of benzene rings is 1. The predicted molar refractivity (Wildman–Crippen MR) is 52.4 cm³/mol. The number of nitrogen functional groups attached to an aromatic ring is 1. The Labute approximate surface area is 102 Å². The molecule has 0 aliphatic carbocycles.